The number of benzene rings is 2. The lowest BCUT2D eigenvalue weighted by Gasteiger charge is -2.36. The molecule has 1 aliphatic rings. The van der Waals surface area contributed by atoms with E-state index >= 15 is 0 Å². The monoisotopic (exact) mass is 396 g/mol. The smallest absolute Gasteiger partial charge is 0.247 e. The topological polar surface area (TPSA) is 54.6 Å². The van der Waals surface area contributed by atoms with E-state index in [2.05, 4.69) is 26.9 Å². The third kappa shape index (κ3) is 4.46. The molecule has 1 aliphatic heterocycles. The molecule has 2 heterocycles. The molecule has 1 aromatic heterocycles. The molecule has 0 N–H and O–H groups in total. The van der Waals surface area contributed by atoms with E-state index in [0.717, 1.165) is 43.9 Å². The standard InChI is InChI=1S/C22H25FN4O2/c1-16(21-24-25-22(29-21)18-6-4-3-5-7-18)27-12-10-26(11-13-27)15-17-8-9-20(28-2)19(23)14-17/h3-9,14,16H,10-13,15H2,1-2H3/t16-/m1/s1. The van der Waals surface area contributed by atoms with E-state index in [-0.39, 0.29) is 17.6 Å². The van der Waals surface area contributed by atoms with Crippen LogP contribution in [0.25, 0.3) is 11.5 Å². The largest absolute Gasteiger partial charge is 0.494 e. The van der Waals surface area contributed by atoms with Crippen molar-refractivity contribution in [2.24, 2.45) is 0 Å². The van der Waals surface area contributed by atoms with Crippen molar-refractivity contribution >= 4 is 0 Å². The normalized spacial score (nSPS) is 16.7. The van der Waals surface area contributed by atoms with Gasteiger partial charge in [-0.05, 0) is 36.8 Å². The van der Waals surface area contributed by atoms with Gasteiger partial charge >= 0.3 is 0 Å². The second-order valence-corrected chi connectivity index (χ2v) is 7.27. The van der Waals surface area contributed by atoms with Crippen LogP contribution in [0.15, 0.2) is 52.9 Å². The molecule has 1 fully saturated rings. The van der Waals surface area contributed by atoms with Gasteiger partial charge < -0.3 is 9.15 Å². The minimum Gasteiger partial charge on any atom is -0.494 e. The van der Waals surface area contributed by atoms with Gasteiger partial charge in [-0.3, -0.25) is 9.80 Å². The number of hydrogen-bond acceptors (Lipinski definition) is 6. The maximum Gasteiger partial charge on any atom is 0.247 e. The zero-order valence-corrected chi connectivity index (χ0v) is 16.7. The lowest BCUT2D eigenvalue weighted by molar-refractivity contribution is 0.0875. The molecule has 4 rings (SSSR count). The van der Waals surface area contributed by atoms with Crippen molar-refractivity contribution in [2.45, 2.75) is 19.5 Å². The molecule has 0 saturated carbocycles. The van der Waals surface area contributed by atoms with Crippen LogP contribution in [0.5, 0.6) is 5.75 Å². The summed E-state index contributed by atoms with van der Waals surface area (Å²) in [6.45, 7) is 6.40. The third-order valence-corrected chi connectivity index (χ3v) is 5.40. The molecule has 0 unspecified atom stereocenters. The SMILES string of the molecule is COc1ccc(CN2CCN([C@H](C)c3nnc(-c4ccccc4)o3)CC2)cc1F. The molecule has 6 nitrogen and oxygen atoms in total. The molecule has 1 atom stereocenters. The Morgan fingerprint density at radius 2 is 1.83 bits per heavy atom. The highest BCUT2D eigenvalue weighted by atomic mass is 19.1. The van der Waals surface area contributed by atoms with Gasteiger partial charge in [0.15, 0.2) is 11.6 Å². The lowest BCUT2D eigenvalue weighted by Crippen LogP contribution is -2.46. The highest BCUT2D eigenvalue weighted by molar-refractivity contribution is 5.51. The summed E-state index contributed by atoms with van der Waals surface area (Å²) < 4.78 is 24.8. The summed E-state index contributed by atoms with van der Waals surface area (Å²) in [5, 5.41) is 8.45. The average Bonchev–Trinajstić information content (AvgIpc) is 3.25. The van der Waals surface area contributed by atoms with Gasteiger partial charge in [-0.2, -0.15) is 0 Å². The van der Waals surface area contributed by atoms with Crippen LogP contribution in [0.3, 0.4) is 0 Å². The second-order valence-electron chi connectivity index (χ2n) is 7.27. The Morgan fingerprint density at radius 3 is 2.52 bits per heavy atom. The Balaban J connectivity index is 1.33. The lowest BCUT2D eigenvalue weighted by atomic mass is 10.1. The summed E-state index contributed by atoms with van der Waals surface area (Å²) in [5.41, 5.74) is 1.88. The van der Waals surface area contributed by atoms with Crippen molar-refractivity contribution in [2.75, 3.05) is 33.3 Å². The summed E-state index contributed by atoms with van der Waals surface area (Å²) in [7, 11) is 1.48. The Labute approximate surface area is 169 Å². The first kappa shape index (κ1) is 19.5. The van der Waals surface area contributed by atoms with Crippen LogP contribution in [-0.4, -0.2) is 53.3 Å². The molecular weight excluding hydrogens is 371 g/mol. The summed E-state index contributed by atoms with van der Waals surface area (Å²) in [6, 6.07) is 15.0. The number of aromatic nitrogens is 2. The van der Waals surface area contributed by atoms with Gasteiger partial charge in [0.1, 0.15) is 0 Å². The number of hydrogen-bond donors (Lipinski definition) is 0. The van der Waals surface area contributed by atoms with Gasteiger partial charge in [0.25, 0.3) is 0 Å². The zero-order valence-electron chi connectivity index (χ0n) is 16.7. The molecular formula is C22H25FN4O2. The highest BCUT2D eigenvalue weighted by Crippen LogP contribution is 2.25. The van der Waals surface area contributed by atoms with E-state index in [1.165, 1.54) is 7.11 Å². The summed E-state index contributed by atoms with van der Waals surface area (Å²) in [6.07, 6.45) is 0. The number of rotatable bonds is 6. The first-order valence-electron chi connectivity index (χ1n) is 9.81. The molecule has 29 heavy (non-hydrogen) atoms. The van der Waals surface area contributed by atoms with Gasteiger partial charge in [-0.15, -0.1) is 10.2 Å². The van der Waals surface area contributed by atoms with Gasteiger partial charge in [0, 0.05) is 38.3 Å². The van der Waals surface area contributed by atoms with Crippen molar-refractivity contribution < 1.29 is 13.5 Å². The molecule has 3 aromatic rings. The summed E-state index contributed by atoms with van der Waals surface area (Å²) in [4.78, 5) is 4.67. The molecule has 7 heteroatoms. The number of ether oxygens (including phenoxy) is 1. The number of methoxy groups -OCH3 is 1. The second kappa shape index (κ2) is 8.71. The van der Waals surface area contributed by atoms with Crippen molar-refractivity contribution in [3.8, 4) is 17.2 Å². The van der Waals surface area contributed by atoms with Crippen LogP contribution < -0.4 is 4.74 Å². The van der Waals surface area contributed by atoms with Crippen LogP contribution in [-0.2, 0) is 6.54 Å². The Hall–Kier alpha value is -2.77. The predicted molar refractivity (Wildman–Crippen MR) is 108 cm³/mol. The highest BCUT2D eigenvalue weighted by Gasteiger charge is 2.26. The zero-order chi connectivity index (χ0) is 20.2. The third-order valence-electron chi connectivity index (χ3n) is 5.40. The van der Waals surface area contributed by atoms with Gasteiger partial charge in [-0.25, -0.2) is 4.39 Å². The molecule has 0 aliphatic carbocycles. The fourth-order valence-electron chi connectivity index (χ4n) is 3.63. The fraction of sp³-hybridized carbons (Fsp3) is 0.364. The summed E-state index contributed by atoms with van der Waals surface area (Å²) in [5.74, 6) is 1.15. The Morgan fingerprint density at radius 1 is 1.07 bits per heavy atom. The van der Waals surface area contributed by atoms with E-state index < -0.39 is 0 Å². The fourth-order valence-corrected chi connectivity index (χ4v) is 3.63. The maximum atomic E-state index is 13.9. The van der Waals surface area contributed by atoms with Crippen molar-refractivity contribution in [3.63, 3.8) is 0 Å². The van der Waals surface area contributed by atoms with E-state index in [1.807, 2.05) is 36.4 Å². The molecule has 0 spiro atoms. The average molecular weight is 396 g/mol. The van der Waals surface area contributed by atoms with Gasteiger partial charge in [-0.1, -0.05) is 24.3 Å². The van der Waals surface area contributed by atoms with Gasteiger partial charge in [0.2, 0.25) is 11.8 Å². The quantitative estimate of drug-likeness (QED) is 0.632. The maximum absolute atomic E-state index is 13.9. The molecule has 0 amide bonds. The van der Waals surface area contributed by atoms with E-state index in [9.17, 15) is 4.39 Å². The number of halogens is 1. The van der Waals surface area contributed by atoms with Crippen LogP contribution in [0, 0.1) is 5.82 Å². The minimum absolute atomic E-state index is 0.0561. The number of piperazine rings is 1. The summed E-state index contributed by atoms with van der Waals surface area (Å²) >= 11 is 0. The Bertz CT molecular complexity index is 939. The van der Waals surface area contributed by atoms with Crippen molar-refractivity contribution in [1.29, 1.82) is 0 Å². The predicted octanol–water partition coefficient (Wildman–Crippen LogP) is 3.76. The van der Waals surface area contributed by atoms with Crippen molar-refractivity contribution in [1.82, 2.24) is 20.0 Å². The molecule has 1 saturated heterocycles. The Kier molecular flexibility index (Phi) is 5.87. The first-order chi connectivity index (χ1) is 14.1. The minimum atomic E-state index is -0.317. The first-order valence-corrected chi connectivity index (χ1v) is 9.81. The molecule has 0 bridgehead atoms. The molecule has 0 radical (unpaired) electrons. The van der Waals surface area contributed by atoms with E-state index in [1.54, 1.807) is 12.1 Å². The van der Waals surface area contributed by atoms with Gasteiger partial charge in [0.05, 0.1) is 13.2 Å². The van der Waals surface area contributed by atoms with Crippen LogP contribution in [0.2, 0.25) is 0 Å². The van der Waals surface area contributed by atoms with E-state index in [0.29, 0.717) is 11.8 Å². The molecule has 2 aromatic carbocycles. The van der Waals surface area contributed by atoms with E-state index in [4.69, 9.17) is 9.15 Å². The number of nitrogens with zero attached hydrogens (tertiary/aromatic N) is 4. The van der Waals surface area contributed by atoms with Crippen LogP contribution in [0.1, 0.15) is 24.4 Å². The molecule has 152 valence electrons. The van der Waals surface area contributed by atoms with Crippen LogP contribution >= 0.6 is 0 Å². The van der Waals surface area contributed by atoms with Crippen molar-refractivity contribution in [3.05, 3.63) is 65.8 Å². The van der Waals surface area contributed by atoms with Crippen LogP contribution in [0.4, 0.5) is 4.39 Å².